The zero-order valence-corrected chi connectivity index (χ0v) is 20.9. The molecule has 33 heavy (non-hydrogen) atoms. The first kappa shape index (κ1) is 25.8. The Morgan fingerprint density at radius 3 is 2.67 bits per heavy atom. The van der Waals surface area contributed by atoms with E-state index < -0.39 is 21.6 Å². The lowest BCUT2D eigenvalue weighted by atomic mass is 10.2. The molecule has 2 heterocycles. The van der Waals surface area contributed by atoms with E-state index in [1.54, 1.807) is 6.07 Å². The second-order valence-corrected chi connectivity index (χ2v) is 10.8. The second kappa shape index (κ2) is 10.6. The SMILES string of the molecule is CS(=O)(=O)c1ccc2nc(N(CCN3CCOCC3)C(=O)c3c(F)cccc3Cl)sc2c1.Cl. The van der Waals surface area contributed by atoms with Gasteiger partial charge in [0.05, 0.1) is 38.9 Å². The number of fused-ring (bicyclic) bond motifs is 1. The molecule has 3 aromatic rings. The van der Waals surface area contributed by atoms with Gasteiger partial charge >= 0.3 is 0 Å². The van der Waals surface area contributed by atoms with Crippen LogP contribution in [0.3, 0.4) is 0 Å². The Labute approximate surface area is 206 Å². The second-order valence-electron chi connectivity index (χ2n) is 7.41. The average molecular weight is 534 g/mol. The Kier molecular flexibility index (Phi) is 8.31. The predicted octanol–water partition coefficient (Wildman–Crippen LogP) is 3.89. The summed E-state index contributed by atoms with van der Waals surface area (Å²) in [4.78, 5) is 21.6. The number of halogens is 3. The molecule has 1 aliphatic heterocycles. The molecule has 178 valence electrons. The Morgan fingerprint density at radius 1 is 1.27 bits per heavy atom. The molecule has 0 N–H and O–H groups in total. The van der Waals surface area contributed by atoms with Crippen molar-refractivity contribution in [1.29, 1.82) is 0 Å². The van der Waals surface area contributed by atoms with Crippen LogP contribution in [0.5, 0.6) is 0 Å². The summed E-state index contributed by atoms with van der Waals surface area (Å²) in [5.74, 6) is -1.30. The van der Waals surface area contributed by atoms with Crippen LogP contribution in [0.15, 0.2) is 41.3 Å². The molecule has 0 radical (unpaired) electrons. The summed E-state index contributed by atoms with van der Waals surface area (Å²) in [6.45, 7) is 3.51. The number of sulfone groups is 1. The molecule has 0 aliphatic carbocycles. The molecule has 1 saturated heterocycles. The summed E-state index contributed by atoms with van der Waals surface area (Å²) < 4.78 is 44.3. The number of anilines is 1. The van der Waals surface area contributed by atoms with Gasteiger partial charge < -0.3 is 4.74 Å². The van der Waals surface area contributed by atoms with E-state index in [4.69, 9.17) is 16.3 Å². The smallest absolute Gasteiger partial charge is 0.264 e. The maximum atomic E-state index is 14.5. The van der Waals surface area contributed by atoms with Crippen molar-refractivity contribution in [2.75, 3.05) is 50.5 Å². The number of hydrogen-bond acceptors (Lipinski definition) is 7. The third-order valence-corrected chi connectivity index (χ3v) is 7.64. The molecule has 1 fully saturated rings. The fraction of sp³-hybridized carbons (Fsp3) is 0.333. The minimum absolute atomic E-state index is 0. The number of aromatic nitrogens is 1. The number of carbonyl (C=O) groups excluding carboxylic acids is 1. The van der Waals surface area contributed by atoms with Crippen LogP contribution in [0.4, 0.5) is 9.52 Å². The van der Waals surface area contributed by atoms with Crippen LogP contribution in [-0.4, -0.2) is 69.9 Å². The predicted molar refractivity (Wildman–Crippen MR) is 130 cm³/mol. The standard InChI is InChI=1S/C21H21ClFN3O4S2.ClH/c1-32(28,29)14-5-6-17-18(13-14)31-21(24-17)26(8-7-25-9-11-30-12-10-25)20(27)19-15(22)3-2-4-16(19)23;/h2-6,13H,7-12H2,1H3;1H. The third kappa shape index (κ3) is 5.82. The highest BCUT2D eigenvalue weighted by atomic mass is 35.5. The molecular weight excluding hydrogens is 512 g/mol. The Morgan fingerprint density at radius 2 is 2.00 bits per heavy atom. The van der Waals surface area contributed by atoms with Gasteiger partial charge in [0.2, 0.25) is 0 Å². The summed E-state index contributed by atoms with van der Waals surface area (Å²) in [7, 11) is -3.39. The van der Waals surface area contributed by atoms with Gasteiger partial charge in [-0.15, -0.1) is 12.4 Å². The number of morpholine rings is 1. The van der Waals surface area contributed by atoms with Crippen LogP contribution >= 0.6 is 35.3 Å². The van der Waals surface area contributed by atoms with E-state index in [-0.39, 0.29) is 34.4 Å². The van der Waals surface area contributed by atoms with E-state index in [1.807, 2.05) is 0 Å². The van der Waals surface area contributed by atoms with Gasteiger partial charge in [-0.3, -0.25) is 14.6 Å². The first-order valence-electron chi connectivity index (χ1n) is 9.90. The van der Waals surface area contributed by atoms with Crippen molar-refractivity contribution in [3.63, 3.8) is 0 Å². The molecule has 0 bridgehead atoms. The number of carbonyl (C=O) groups is 1. The van der Waals surface area contributed by atoms with E-state index in [9.17, 15) is 17.6 Å². The molecule has 2 aromatic carbocycles. The monoisotopic (exact) mass is 533 g/mol. The van der Waals surface area contributed by atoms with Crippen molar-refractivity contribution in [3.05, 3.63) is 52.8 Å². The molecule has 0 unspecified atom stereocenters. The lowest BCUT2D eigenvalue weighted by molar-refractivity contribution is 0.0391. The van der Waals surface area contributed by atoms with Crippen LogP contribution in [0.25, 0.3) is 10.2 Å². The normalized spacial score (nSPS) is 14.8. The molecule has 0 atom stereocenters. The summed E-state index contributed by atoms with van der Waals surface area (Å²) in [6, 6.07) is 8.72. The largest absolute Gasteiger partial charge is 0.379 e. The minimum Gasteiger partial charge on any atom is -0.379 e. The average Bonchev–Trinajstić information content (AvgIpc) is 3.17. The number of benzene rings is 2. The Balaban J connectivity index is 0.00000306. The zero-order valence-electron chi connectivity index (χ0n) is 17.7. The summed E-state index contributed by atoms with van der Waals surface area (Å²) in [5, 5.41) is 0.370. The van der Waals surface area contributed by atoms with Crippen molar-refractivity contribution in [2.45, 2.75) is 4.90 Å². The van der Waals surface area contributed by atoms with E-state index in [0.717, 1.165) is 19.3 Å². The summed E-state index contributed by atoms with van der Waals surface area (Å²) in [6.07, 6.45) is 1.13. The molecule has 4 rings (SSSR count). The van der Waals surface area contributed by atoms with Crippen LogP contribution in [-0.2, 0) is 14.6 Å². The van der Waals surface area contributed by atoms with Crippen LogP contribution in [0.1, 0.15) is 10.4 Å². The summed E-state index contributed by atoms with van der Waals surface area (Å²) >= 11 is 7.33. The molecule has 1 aliphatic rings. The van der Waals surface area contributed by atoms with E-state index in [1.165, 1.54) is 46.6 Å². The van der Waals surface area contributed by atoms with Gasteiger partial charge in [-0.2, -0.15) is 0 Å². The van der Waals surface area contributed by atoms with Gasteiger partial charge in [-0.25, -0.2) is 17.8 Å². The number of ether oxygens (including phenoxy) is 1. The highest BCUT2D eigenvalue weighted by Crippen LogP contribution is 2.32. The van der Waals surface area contributed by atoms with Gasteiger partial charge in [0.1, 0.15) is 5.82 Å². The fourth-order valence-corrected chi connectivity index (χ4v) is 5.42. The molecule has 7 nitrogen and oxygen atoms in total. The third-order valence-electron chi connectivity index (χ3n) is 5.17. The van der Waals surface area contributed by atoms with Gasteiger partial charge in [-0.05, 0) is 30.3 Å². The van der Waals surface area contributed by atoms with Crippen molar-refractivity contribution >= 4 is 66.4 Å². The van der Waals surface area contributed by atoms with Crippen LogP contribution < -0.4 is 4.90 Å². The van der Waals surface area contributed by atoms with Crippen LogP contribution in [0, 0.1) is 5.82 Å². The van der Waals surface area contributed by atoms with Gasteiger partial charge in [0.25, 0.3) is 5.91 Å². The topological polar surface area (TPSA) is 79.8 Å². The van der Waals surface area contributed by atoms with Gasteiger partial charge in [0.15, 0.2) is 15.0 Å². The summed E-state index contributed by atoms with van der Waals surface area (Å²) in [5.41, 5.74) is 0.341. The van der Waals surface area contributed by atoms with Crippen molar-refractivity contribution in [2.24, 2.45) is 0 Å². The van der Waals surface area contributed by atoms with E-state index in [0.29, 0.717) is 35.1 Å². The molecule has 1 aromatic heterocycles. The lowest BCUT2D eigenvalue weighted by Gasteiger charge is -2.29. The van der Waals surface area contributed by atoms with Crippen LogP contribution in [0.2, 0.25) is 5.02 Å². The zero-order chi connectivity index (χ0) is 22.9. The highest BCUT2D eigenvalue weighted by molar-refractivity contribution is 7.90. The first-order valence-corrected chi connectivity index (χ1v) is 13.0. The number of rotatable bonds is 6. The van der Waals surface area contributed by atoms with Crippen molar-refractivity contribution in [1.82, 2.24) is 9.88 Å². The maximum absolute atomic E-state index is 14.5. The van der Waals surface area contributed by atoms with Crippen molar-refractivity contribution < 1.29 is 22.3 Å². The molecule has 1 amide bonds. The molecule has 0 saturated carbocycles. The Bertz CT molecular complexity index is 1240. The maximum Gasteiger partial charge on any atom is 0.264 e. The van der Waals surface area contributed by atoms with E-state index >= 15 is 0 Å². The number of hydrogen-bond donors (Lipinski definition) is 0. The van der Waals surface area contributed by atoms with E-state index in [2.05, 4.69) is 9.88 Å². The number of thiazole rings is 1. The first-order chi connectivity index (χ1) is 15.2. The fourth-order valence-electron chi connectivity index (χ4n) is 3.43. The van der Waals surface area contributed by atoms with Gasteiger partial charge in [-0.1, -0.05) is 29.0 Å². The highest BCUT2D eigenvalue weighted by Gasteiger charge is 2.27. The lowest BCUT2D eigenvalue weighted by Crippen LogP contribution is -2.43. The Hall–Kier alpha value is -1.82. The minimum atomic E-state index is -3.39. The quantitative estimate of drug-likeness (QED) is 0.478. The van der Waals surface area contributed by atoms with Crippen molar-refractivity contribution in [3.8, 4) is 0 Å². The number of amides is 1. The molecular formula is C21H22Cl2FN3O4S2. The molecule has 12 heteroatoms. The number of nitrogens with zero attached hydrogens (tertiary/aromatic N) is 3. The molecule has 0 spiro atoms. The van der Waals surface area contributed by atoms with Gasteiger partial charge in [0, 0.05) is 32.4 Å².